The number of hydrogen-bond acceptors (Lipinski definition) is 2. The Kier molecular flexibility index (Phi) is 3.72. The standard InChI is InChI=1S/C21H21NO2/c1-22(15-7-3-2-4-8-15)21(24)14-11-12-17-16-9-5-6-10-18(16)20(23)19(17)13-14/h5-6,9-13,15H,2-4,7-8H2,1H3. The van der Waals surface area contributed by atoms with E-state index in [-0.39, 0.29) is 11.7 Å². The fourth-order valence-corrected chi connectivity index (χ4v) is 4.00. The molecule has 0 bridgehead atoms. The van der Waals surface area contributed by atoms with Gasteiger partial charge in [-0.3, -0.25) is 9.59 Å². The van der Waals surface area contributed by atoms with E-state index in [1.165, 1.54) is 19.3 Å². The minimum absolute atomic E-state index is 0.0217. The zero-order valence-corrected chi connectivity index (χ0v) is 13.9. The monoisotopic (exact) mass is 319 g/mol. The molecule has 1 fully saturated rings. The second kappa shape index (κ2) is 5.90. The van der Waals surface area contributed by atoms with Crippen molar-refractivity contribution in [3.63, 3.8) is 0 Å². The first-order valence-corrected chi connectivity index (χ1v) is 8.72. The quantitative estimate of drug-likeness (QED) is 0.706. The predicted molar refractivity (Wildman–Crippen MR) is 94.3 cm³/mol. The van der Waals surface area contributed by atoms with Gasteiger partial charge in [-0.05, 0) is 36.1 Å². The first-order chi connectivity index (χ1) is 11.7. The van der Waals surface area contributed by atoms with Crippen LogP contribution in [0.5, 0.6) is 0 Å². The molecule has 3 heteroatoms. The van der Waals surface area contributed by atoms with E-state index in [2.05, 4.69) is 0 Å². The topological polar surface area (TPSA) is 37.4 Å². The number of rotatable bonds is 2. The van der Waals surface area contributed by atoms with Crippen molar-refractivity contribution in [2.24, 2.45) is 0 Å². The highest BCUT2D eigenvalue weighted by Crippen LogP contribution is 2.37. The van der Waals surface area contributed by atoms with Gasteiger partial charge in [-0.2, -0.15) is 0 Å². The van der Waals surface area contributed by atoms with Gasteiger partial charge in [-0.1, -0.05) is 49.6 Å². The van der Waals surface area contributed by atoms with Crippen molar-refractivity contribution < 1.29 is 9.59 Å². The summed E-state index contributed by atoms with van der Waals surface area (Å²) in [6.45, 7) is 0. The number of carbonyl (C=O) groups excluding carboxylic acids is 2. The third kappa shape index (κ3) is 2.35. The Morgan fingerprint density at radius 2 is 1.58 bits per heavy atom. The van der Waals surface area contributed by atoms with Gasteiger partial charge in [0.25, 0.3) is 5.91 Å². The minimum Gasteiger partial charge on any atom is -0.339 e. The molecular weight excluding hydrogens is 298 g/mol. The number of carbonyl (C=O) groups is 2. The Labute approximate surface area is 142 Å². The SMILES string of the molecule is CN(C(=O)c1ccc2c(c1)C(=O)c1ccccc1-2)C1CCCCC1. The molecule has 1 amide bonds. The summed E-state index contributed by atoms with van der Waals surface area (Å²) in [6, 6.07) is 13.5. The van der Waals surface area contributed by atoms with Crippen molar-refractivity contribution in [1.29, 1.82) is 0 Å². The Hall–Kier alpha value is -2.42. The summed E-state index contributed by atoms with van der Waals surface area (Å²) in [5, 5.41) is 0. The van der Waals surface area contributed by atoms with Crippen molar-refractivity contribution in [1.82, 2.24) is 4.90 Å². The smallest absolute Gasteiger partial charge is 0.253 e. The highest BCUT2D eigenvalue weighted by Gasteiger charge is 2.28. The van der Waals surface area contributed by atoms with Gasteiger partial charge in [0, 0.05) is 29.8 Å². The van der Waals surface area contributed by atoms with Crippen molar-refractivity contribution in [2.45, 2.75) is 38.1 Å². The van der Waals surface area contributed by atoms with Crippen LogP contribution in [0.4, 0.5) is 0 Å². The molecule has 0 aliphatic heterocycles. The maximum absolute atomic E-state index is 12.8. The molecule has 1 saturated carbocycles. The van der Waals surface area contributed by atoms with E-state index < -0.39 is 0 Å². The molecule has 2 aromatic rings. The van der Waals surface area contributed by atoms with Crippen LogP contribution < -0.4 is 0 Å². The summed E-state index contributed by atoms with van der Waals surface area (Å²) >= 11 is 0. The van der Waals surface area contributed by atoms with Crippen LogP contribution in [-0.2, 0) is 0 Å². The maximum Gasteiger partial charge on any atom is 0.253 e. The van der Waals surface area contributed by atoms with Gasteiger partial charge in [-0.15, -0.1) is 0 Å². The van der Waals surface area contributed by atoms with Crippen molar-refractivity contribution >= 4 is 11.7 Å². The minimum atomic E-state index is 0.0217. The highest BCUT2D eigenvalue weighted by molar-refractivity contribution is 6.22. The molecule has 3 nitrogen and oxygen atoms in total. The molecular formula is C21H21NO2. The van der Waals surface area contributed by atoms with E-state index in [4.69, 9.17) is 0 Å². The summed E-state index contributed by atoms with van der Waals surface area (Å²) in [5.74, 6) is 0.0454. The molecule has 0 saturated heterocycles. The number of amides is 1. The zero-order chi connectivity index (χ0) is 16.7. The van der Waals surface area contributed by atoms with Gasteiger partial charge in [-0.25, -0.2) is 0 Å². The average Bonchev–Trinajstić information content (AvgIpc) is 2.94. The fraction of sp³-hybridized carbons (Fsp3) is 0.333. The van der Waals surface area contributed by atoms with E-state index >= 15 is 0 Å². The van der Waals surface area contributed by atoms with E-state index in [1.807, 2.05) is 48.3 Å². The number of fused-ring (bicyclic) bond motifs is 3. The van der Waals surface area contributed by atoms with Crippen LogP contribution in [0.25, 0.3) is 11.1 Å². The fourth-order valence-electron chi connectivity index (χ4n) is 4.00. The lowest BCUT2D eigenvalue weighted by molar-refractivity contribution is 0.0696. The molecule has 2 aromatic carbocycles. The van der Waals surface area contributed by atoms with Crippen LogP contribution in [0.15, 0.2) is 42.5 Å². The Morgan fingerprint density at radius 3 is 2.33 bits per heavy atom. The molecule has 0 atom stereocenters. The van der Waals surface area contributed by atoms with Crippen LogP contribution in [0.2, 0.25) is 0 Å². The van der Waals surface area contributed by atoms with Gasteiger partial charge in [0.2, 0.25) is 0 Å². The van der Waals surface area contributed by atoms with Gasteiger partial charge in [0.15, 0.2) is 5.78 Å². The third-order valence-corrected chi connectivity index (χ3v) is 5.42. The zero-order valence-electron chi connectivity index (χ0n) is 13.9. The average molecular weight is 319 g/mol. The van der Waals surface area contributed by atoms with Gasteiger partial charge >= 0.3 is 0 Å². The second-order valence-electron chi connectivity index (χ2n) is 6.84. The molecule has 2 aliphatic rings. The maximum atomic E-state index is 12.8. The molecule has 0 heterocycles. The second-order valence-corrected chi connectivity index (χ2v) is 6.84. The van der Waals surface area contributed by atoms with Crippen molar-refractivity contribution in [3.05, 3.63) is 59.2 Å². The van der Waals surface area contributed by atoms with E-state index in [9.17, 15) is 9.59 Å². The first-order valence-electron chi connectivity index (χ1n) is 8.72. The molecule has 122 valence electrons. The number of benzene rings is 2. The van der Waals surface area contributed by atoms with Crippen molar-refractivity contribution in [3.8, 4) is 11.1 Å². The Balaban J connectivity index is 1.65. The molecule has 0 radical (unpaired) electrons. The van der Waals surface area contributed by atoms with Crippen LogP contribution in [-0.4, -0.2) is 29.7 Å². The summed E-state index contributed by atoms with van der Waals surface area (Å²) < 4.78 is 0. The lowest BCUT2D eigenvalue weighted by Crippen LogP contribution is -2.38. The molecule has 0 aromatic heterocycles. The van der Waals surface area contributed by atoms with E-state index in [0.29, 0.717) is 17.2 Å². The summed E-state index contributed by atoms with van der Waals surface area (Å²) in [5.41, 5.74) is 3.91. The van der Waals surface area contributed by atoms with Gasteiger partial charge in [0.1, 0.15) is 0 Å². The first kappa shape index (κ1) is 15.1. The summed E-state index contributed by atoms with van der Waals surface area (Å²) in [4.78, 5) is 27.3. The molecule has 24 heavy (non-hydrogen) atoms. The Bertz CT molecular complexity index is 818. The predicted octanol–water partition coefficient (Wildman–Crippen LogP) is 4.30. The van der Waals surface area contributed by atoms with Crippen LogP contribution in [0, 0.1) is 0 Å². The number of nitrogens with zero attached hydrogens (tertiary/aromatic N) is 1. The largest absolute Gasteiger partial charge is 0.339 e. The lowest BCUT2D eigenvalue weighted by atomic mass is 9.94. The Morgan fingerprint density at radius 1 is 0.917 bits per heavy atom. The van der Waals surface area contributed by atoms with Crippen LogP contribution in [0.3, 0.4) is 0 Å². The van der Waals surface area contributed by atoms with E-state index in [0.717, 1.165) is 29.5 Å². The summed E-state index contributed by atoms with van der Waals surface area (Å²) in [7, 11) is 1.89. The highest BCUT2D eigenvalue weighted by atomic mass is 16.2. The lowest BCUT2D eigenvalue weighted by Gasteiger charge is -2.31. The molecule has 0 N–H and O–H groups in total. The van der Waals surface area contributed by atoms with Gasteiger partial charge in [0.05, 0.1) is 0 Å². The third-order valence-electron chi connectivity index (χ3n) is 5.42. The van der Waals surface area contributed by atoms with Crippen molar-refractivity contribution in [2.75, 3.05) is 7.05 Å². The van der Waals surface area contributed by atoms with Crippen LogP contribution >= 0.6 is 0 Å². The molecule has 4 rings (SSSR count). The molecule has 0 spiro atoms. The molecule has 2 aliphatic carbocycles. The van der Waals surface area contributed by atoms with Gasteiger partial charge < -0.3 is 4.90 Å². The van der Waals surface area contributed by atoms with E-state index in [1.54, 1.807) is 6.07 Å². The van der Waals surface area contributed by atoms with Crippen LogP contribution in [0.1, 0.15) is 58.4 Å². The molecule has 0 unspecified atom stereocenters. The number of ketones is 1. The normalized spacial score (nSPS) is 16.6. The number of hydrogen-bond donors (Lipinski definition) is 0. The summed E-state index contributed by atoms with van der Waals surface area (Å²) in [6.07, 6.45) is 5.82.